The number of halogens is 3. The highest BCUT2D eigenvalue weighted by Crippen LogP contribution is 2.31. The van der Waals surface area contributed by atoms with Crippen LogP contribution >= 0.6 is 0 Å². The Labute approximate surface area is 189 Å². The lowest BCUT2D eigenvalue weighted by molar-refractivity contribution is -0.137. The van der Waals surface area contributed by atoms with Crippen molar-refractivity contribution in [3.05, 3.63) is 95.6 Å². The van der Waals surface area contributed by atoms with Crippen LogP contribution in [0.2, 0.25) is 0 Å². The minimum atomic E-state index is -4.51. The first kappa shape index (κ1) is 22.4. The molecule has 5 nitrogen and oxygen atoms in total. The van der Waals surface area contributed by atoms with Gasteiger partial charge in [-0.25, -0.2) is 0 Å². The molecule has 2 amide bonds. The maximum Gasteiger partial charge on any atom is 0.416 e. The van der Waals surface area contributed by atoms with Crippen LogP contribution in [0.15, 0.2) is 78.9 Å². The van der Waals surface area contributed by atoms with Crippen molar-refractivity contribution in [2.24, 2.45) is 0 Å². The van der Waals surface area contributed by atoms with Crippen LogP contribution in [0, 0.1) is 0 Å². The Morgan fingerprint density at radius 3 is 2.24 bits per heavy atom. The number of hydrogen-bond acceptors (Lipinski definition) is 3. The normalized spacial score (nSPS) is 14.3. The zero-order valence-corrected chi connectivity index (χ0v) is 17.5. The number of hydrogen-bond donors (Lipinski definition) is 3. The molecule has 3 N–H and O–H groups in total. The van der Waals surface area contributed by atoms with Crippen LogP contribution in [0.25, 0.3) is 0 Å². The lowest BCUT2D eigenvalue weighted by atomic mass is 10.0. The minimum absolute atomic E-state index is 0.0371. The minimum Gasteiger partial charge on any atom is -0.370 e. The summed E-state index contributed by atoms with van der Waals surface area (Å²) in [4.78, 5) is 25.5. The van der Waals surface area contributed by atoms with Crippen LogP contribution in [-0.4, -0.2) is 17.9 Å². The highest BCUT2D eigenvalue weighted by Gasteiger charge is 2.31. The third kappa shape index (κ3) is 5.91. The fourth-order valence-electron chi connectivity index (χ4n) is 3.35. The molecule has 0 aliphatic heterocycles. The van der Waals surface area contributed by atoms with Gasteiger partial charge in [-0.15, -0.1) is 0 Å². The van der Waals surface area contributed by atoms with E-state index in [1.807, 2.05) is 0 Å². The van der Waals surface area contributed by atoms with E-state index in [2.05, 4.69) is 16.0 Å². The van der Waals surface area contributed by atoms with E-state index in [0.29, 0.717) is 16.8 Å². The first-order chi connectivity index (χ1) is 15.8. The summed E-state index contributed by atoms with van der Waals surface area (Å²) in [6.07, 6.45) is -2.58. The Hall–Kier alpha value is -3.81. The van der Waals surface area contributed by atoms with Crippen molar-refractivity contribution < 1.29 is 22.8 Å². The van der Waals surface area contributed by atoms with Gasteiger partial charge in [0.2, 0.25) is 0 Å². The zero-order valence-electron chi connectivity index (χ0n) is 17.5. The Balaban J connectivity index is 1.56. The second-order valence-corrected chi connectivity index (χ2v) is 7.88. The highest BCUT2D eigenvalue weighted by atomic mass is 19.4. The van der Waals surface area contributed by atoms with Gasteiger partial charge >= 0.3 is 6.18 Å². The molecule has 170 valence electrons. The molecular formula is C25H22F3N3O2. The number of anilines is 2. The van der Waals surface area contributed by atoms with E-state index in [1.165, 1.54) is 12.1 Å². The van der Waals surface area contributed by atoms with E-state index < -0.39 is 23.7 Å². The number of alkyl halides is 3. The second-order valence-electron chi connectivity index (χ2n) is 7.88. The Morgan fingerprint density at radius 2 is 1.55 bits per heavy atom. The van der Waals surface area contributed by atoms with Crippen molar-refractivity contribution in [2.75, 3.05) is 10.6 Å². The van der Waals surface area contributed by atoms with Crippen LogP contribution in [-0.2, 0) is 11.0 Å². The second kappa shape index (κ2) is 9.36. The summed E-state index contributed by atoms with van der Waals surface area (Å²) in [5.41, 5.74) is 0.798. The van der Waals surface area contributed by atoms with Crippen molar-refractivity contribution in [2.45, 2.75) is 31.1 Å². The molecule has 3 aromatic rings. The number of amides is 2. The molecule has 3 aromatic carbocycles. The first-order valence-electron chi connectivity index (χ1n) is 10.5. The molecule has 8 heteroatoms. The SMILES string of the molecule is O=C(NC1CC1)c1cccc(N[C@@H](C(=O)Nc2cccc(C(F)(F)F)c2)c2ccccc2)c1. The third-order valence-corrected chi connectivity index (χ3v) is 5.20. The standard InChI is InChI=1S/C25H22F3N3O2/c26-25(27,28)18-9-5-11-21(15-18)31-24(33)22(16-6-2-1-3-7-16)29-20-10-4-8-17(14-20)23(32)30-19-12-13-19/h1-11,14-15,19,22,29H,12-13H2,(H,30,32)(H,31,33)/t22-/m1/s1. The van der Waals surface area contributed by atoms with E-state index in [9.17, 15) is 22.8 Å². The lowest BCUT2D eigenvalue weighted by Gasteiger charge is -2.21. The summed E-state index contributed by atoms with van der Waals surface area (Å²) in [7, 11) is 0. The summed E-state index contributed by atoms with van der Waals surface area (Å²) in [6, 6.07) is 19.4. The van der Waals surface area contributed by atoms with E-state index in [4.69, 9.17) is 0 Å². The molecule has 0 bridgehead atoms. The molecule has 0 spiro atoms. The van der Waals surface area contributed by atoms with Gasteiger partial charge < -0.3 is 16.0 Å². The Morgan fingerprint density at radius 1 is 0.848 bits per heavy atom. The zero-order chi connectivity index (χ0) is 23.4. The van der Waals surface area contributed by atoms with Crippen molar-refractivity contribution >= 4 is 23.2 Å². The molecule has 33 heavy (non-hydrogen) atoms. The fraction of sp³-hybridized carbons (Fsp3) is 0.200. The van der Waals surface area contributed by atoms with Gasteiger partial charge in [-0.1, -0.05) is 42.5 Å². The maximum atomic E-state index is 13.1. The number of rotatable bonds is 7. The molecule has 0 saturated heterocycles. The van der Waals surface area contributed by atoms with Gasteiger partial charge in [-0.05, 0) is 54.8 Å². The molecule has 1 atom stereocenters. The number of carbonyl (C=O) groups excluding carboxylic acids is 2. The summed E-state index contributed by atoms with van der Waals surface area (Å²) < 4.78 is 39.1. The molecule has 0 heterocycles. The summed E-state index contributed by atoms with van der Waals surface area (Å²) in [5.74, 6) is -0.723. The van der Waals surface area contributed by atoms with Crippen molar-refractivity contribution in [3.8, 4) is 0 Å². The number of nitrogens with one attached hydrogen (secondary N) is 3. The quantitative estimate of drug-likeness (QED) is 0.449. The van der Waals surface area contributed by atoms with E-state index in [-0.39, 0.29) is 17.6 Å². The molecule has 1 fully saturated rings. The van der Waals surface area contributed by atoms with Crippen molar-refractivity contribution in [3.63, 3.8) is 0 Å². The largest absolute Gasteiger partial charge is 0.416 e. The molecule has 0 aromatic heterocycles. The lowest BCUT2D eigenvalue weighted by Crippen LogP contribution is -2.28. The smallest absolute Gasteiger partial charge is 0.370 e. The van der Waals surface area contributed by atoms with Crippen molar-refractivity contribution in [1.29, 1.82) is 0 Å². The predicted molar refractivity (Wildman–Crippen MR) is 120 cm³/mol. The van der Waals surface area contributed by atoms with Gasteiger partial charge in [0.15, 0.2) is 0 Å². The average Bonchev–Trinajstić information content (AvgIpc) is 3.62. The van der Waals surface area contributed by atoms with Gasteiger partial charge in [-0.2, -0.15) is 13.2 Å². The number of benzene rings is 3. The first-order valence-corrected chi connectivity index (χ1v) is 10.5. The van der Waals surface area contributed by atoms with E-state index in [1.54, 1.807) is 54.6 Å². The van der Waals surface area contributed by atoms with Crippen LogP contribution in [0.5, 0.6) is 0 Å². The van der Waals surface area contributed by atoms with Crippen LogP contribution in [0.1, 0.15) is 40.4 Å². The molecule has 1 saturated carbocycles. The third-order valence-electron chi connectivity index (χ3n) is 5.20. The van der Waals surface area contributed by atoms with Crippen molar-refractivity contribution in [1.82, 2.24) is 5.32 Å². The predicted octanol–water partition coefficient (Wildman–Crippen LogP) is 5.39. The van der Waals surface area contributed by atoms with Gasteiger partial charge in [0, 0.05) is 23.0 Å². The van der Waals surface area contributed by atoms with Crippen LogP contribution in [0.3, 0.4) is 0 Å². The van der Waals surface area contributed by atoms with Crippen LogP contribution < -0.4 is 16.0 Å². The number of carbonyl (C=O) groups is 2. The molecular weight excluding hydrogens is 431 g/mol. The molecule has 0 radical (unpaired) electrons. The molecule has 1 aliphatic rings. The highest BCUT2D eigenvalue weighted by molar-refractivity contribution is 5.98. The molecule has 4 rings (SSSR count). The van der Waals surface area contributed by atoms with Gasteiger partial charge in [0.25, 0.3) is 11.8 Å². The fourth-order valence-corrected chi connectivity index (χ4v) is 3.35. The summed E-state index contributed by atoms with van der Waals surface area (Å²) >= 11 is 0. The maximum absolute atomic E-state index is 13.1. The Bertz CT molecular complexity index is 1140. The Kier molecular flexibility index (Phi) is 6.35. The topological polar surface area (TPSA) is 70.2 Å². The van der Waals surface area contributed by atoms with Crippen LogP contribution in [0.4, 0.5) is 24.5 Å². The van der Waals surface area contributed by atoms with Gasteiger partial charge in [-0.3, -0.25) is 9.59 Å². The molecule has 0 unspecified atom stereocenters. The molecule has 1 aliphatic carbocycles. The van der Waals surface area contributed by atoms with E-state index in [0.717, 1.165) is 25.0 Å². The van der Waals surface area contributed by atoms with Gasteiger partial charge in [0.1, 0.15) is 6.04 Å². The summed E-state index contributed by atoms with van der Waals surface area (Å²) in [5, 5.41) is 8.59. The average molecular weight is 453 g/mol. The van der Waals surface area contributed by atoms with E-state index >= 15 is 0 Å². The monoisotopic (exact) mass is 453 g/mol. The summed E-state index contributed by atoms with van der Waals surface area (Å²) in [6.45, 7) is 0. The van der Waals surface area contributed by atoms with Gasteiger partial charge in [0.05, 0.1) is 5.56 Å².